The van der Waals surface area contributed by atoms with Crippen molar-refractivity contribution in [1.29, 1.82) is 0 Å². The van der Waals surface area contributed by atoms with E-state index in [1.807, 2.05) is 24.3 Å². The Kier molecular flexibility index (Phi) is 3.34. The molecule has 4 rings (SSSR count). The molecule has 0 atom stereocenters. The highest BCUT2D eigenvalue weighted by molar-refractivity contribution is 6.01. The van der Waals surface area contributed by atoms with Gasteiger partial charge < -0.3 is 15.6 Å². The van der Waals surface area contributed by atoms with Crippen molar-refractivity contribution in [3.05, 3.63) is 35.7 Å². The molecule has 2 aliphatic rings. The van der Waals surface area contributed by atoms with Gasteiger partial charge in [0.25, 0.3) is 5.89 Å². The quantitative estimate of drug-likeness (QED) is 0.814. The summed E-state index contributed by atoms with van der Waals surface area (Å²) in [5, 5.41) is 6.51. The fourth-order valence-corrected chi connectivity index (χ4v) is 2.92. The molecule has 0 spiro atoms. The number of benzene rings is 1. The van der Waals surface area contributed by atoms with Gasteiger partial charge in [0, 0.05) is 5.56 Å². The van der Waals surface area contributed by atoms with Gasteiger partial charge in [0.15, 0.2) is 5.82 Å². The molecule has 0 radical (unpaired) electrons. The number of amides is 3. The molecule has 1 saturated heterocycles. The van der Waals surface area contributed by atoms with Crippen LogP contribution in [0.4, 0.5) is 4.79 Å². The van der Waals surface area contributed by atoms with Crippen LogP contribution in [0.2, 0.25) is 0 Å². The first-order valence-corrected chi connectivity index (χ1v) is 7.86. The number of carbonyl (C=O) groups is 2. The molecular weight excluding hydrogens is 310 g/mol. The van der Waals surface area contributed by atoms with Crippen molar-refractivity contribution in [2.24, 2.45) is 5.73 Å². The average Bonchev–Trinajstić information content (AvgIpc) is 3.16. The summed E-state index contributed by atoms with van der Waals surface area (Å²) >= 11 is 0. The average molecular weight is 327 g/mol. The zero-order chi connectivity index (χ0) is 16.7. The highest BCUT2D eigenvalue weighted by atomic mass is 16.5. The lowest BCUT2D eigenvalue weighted by atomic mass is 9.77. The van der Waals surface area contributed by atoms with Gasteiger partial charge in [0.05, 0.1) is 18.6 Å². The van der Waals surface area contributed by atoms with Crippen LogP contribution < -0.4 is 11.1 Å². The second-order valence-electron chi connectivity index (χ2n) is 6.27. The molecule has 1 aliphatic carbocycles. The third-order valence-electron chi connectivity index (χ3n) is 4.57. The smallest absolute Gasteiger partial charge is 0.324 e. The van der Waals surface area contributed by atoms with Gasteiger partial charge in [-0.25, -0.2) is 4.79 Å². The van der Waals surface area contributed by atoms with Gasteiger partial charge in [-0.2, -0.15) is 4.98 Å². The maximum atomic E-state index is 11.7. The number of nitrogens with zero attached hydrogens (tertiary/aromatic N) is 3. The summed E-state index contributed by atoms with van der Waals surface area (Å²) in [6.45, 7) is 0.254. The molecule has 1 aromatic heterocycles. The molecule has 8 heteroatoms. The summed E-state index contributed by atoms with van der Waals surface area (Å²) in [6, 6.07) is 6.97. The molecule has 1 saturated carbocycles. The topological polar surface area (TPSA) is 114 Å². The molecule has 2 aromatic rings. The first-order valence-electron chi connectivity index (χ1n) is 7.86. The van der Waals surface area contributed by atoms with Gasteiger partial charge in [-0.15, -0.1) is 0 Å². The minimum absolute atomic E-state index is 0.0458. The number of nitrogens with two attached hydrogens (primary N) is 1. The second-order valence-corrected chi connectivity index (χ2v) is 6.27. The number of imide groups is 1. The Hall–Kier alpha value is -2.74. The molecule has 8 nitrogen and oxygen atoms in total. The number of hydrogen-bond donors (Lipinski definition) is 2. The highest BCUT2D eigenvalue weighted by Gasteiger charge is 2.39. The minimum Gasteiger partial charge on any atom is -0.334 e. The van der Waals surface area contributed by atoms with Crippen LogP contribution in [-0.4, -0.2) is 33.5 Å². The molecule has 24 heavy (non-hydrogen) atoms. The summed E-state index contributed by atoms with van der Waals surface area (Å²) in [5.41, 5.74) is 7.28. The van der Waals surface area contributed by atoms with Gasteiger partial charge in [0.1, 0.15) is 0 Å². The van der Waals surface area contributed by atoms with E-state index in [0.717, 1.165) is 30.4 Å². The van der Waals surface area contributed by atoms with Gasteiger partial charge >= 0.3 is 6.03 Å². The number of hydrogen-bond acceptors (Lipinski definition) is 6. The number of nitrogens with one attached hydrogen (secondary N) is 1. The summed E-state index contributed by atoms with van der Waals surface area (Å²) in [6.07, 6.45) is 2.79. The van der Waals surface area contributed by atoms with Crippen molar-refractivity contribution in [2.45, 2.75) is 31.3 Å². The van der Waals surface area contributed by atoms with Crippen LogP contribution in [0.25, 0.3) is 11.5 Å². The minimum atomic E-state index is -0.473. The van der Waals surface area contributed by atoms with E-state index in [0.29, 0.717) is 11.7 Å². The molecule has 0 unspecified atom stereocenters. The Morgan fingerprint density at radius 2 is 2.17 bits per heavy atom. The summed E-state index contributed by atoms with van der Waals surface area (Å²) in [4.78, 5) is 28.9. The van der Waals surface area contributed by atoms with Crippen LogP contribution in [0, 0.1) is 0 Å². The Bertz CT molecular complexity index is 796. The monoisotopic (exact) mass is 327 g/mol. The lowest BCUT2D eigenvalue weighted by Crippen LogP contribution is -2.44. The zero-order valence-corrected chi connectivity index (χ0v) is 13.0. The predicted octanol–water partition coefficient (Wildman–Crippen LogP) is 1.13. The van der Waals surface area contributed by atoms with E-state index >= 15 is 0 Å². The van der Waals surface area contributed by atoms with Gasteiger partial charge in [-0.3, -0.25) is 9.69 Å². The number of carbonyl (C=O) groups excluding carboxylic acids is 2. The van der Waals surface area contributed by atoms with E-state index in [-0.39, 0.29) is 25.0 Å². The van der Waals surface area contributed by atoms with Crippen LogP contribution in [0.5, 0.6) is 0 Å². The fraction of sp³-hybridized carbons (Fsp3) is 0.375. The first-order chi connectivity index (χ1) is 11.5. The van der Waals surface area contributed by atoms with Crippen molar-refractivity contribution in [2.75, 3.05) is 6.54 Å². The molecule has 0 bridgehead atoms. The van der Waals surface area contributed by atoms with Gasteiger partial charge in [0.2, 0.25) is 5.91 Å². The standard InChI is InChI=1S/C16H17N5O3/c17-16(5-2-6-16)14-19-13(24-20-14)11-4-1-3-10(7-11)9-21-12(22)8-18-15(21)23/h1,3-4,7H,2,5-6,8-9,17H2,(H,18,23). The van der Waals surface area contributed by atoms with E-state index < -0.39 is 5.54 Å². The Labute approximate surface area is 138 Å². The number of aromatic nitrogens is 2. The molecule has 124 valence electrons. The van der Waals surface area contributed by atoms with Crippen molar-refractivity contribution < 1.29 is 14.1 Å². The lowest BCUT2D eigenvalue weighted by molar-refractivity contribution is -0.125. The summed E-state index contributed by atoms with van der Waals surface area (Å²) in [5.74, 6) is 0.685. The second kappa shape index (κ2) is 5.41. The van der Waals surface area contributed by atoms with Crippen LogP contribution in [0.1, 0.15) is 30.7 Å². The number of rotatable bonds is 4. The van der Waals surface area contributed by atoms with Gasteiger partial charge in [-0.05, 0) is 37.0 Å². The molecule has 1 aliphatic heterocycles. The van der Waals surface area contributed by atoms with Crippen LogP contribution in [0.3, 0.4) is 0 Å². The summed E-state index contributed by atoms with van der Waals surface area (Å²) in [7, 11) is 0. The molecular formula is C16H17N5O3. The van der Waals surface area contributed by atoms with Gasteiger partial charge in [-0.1, -0.05) is 17.3 Å². The fourth-order valence-electron chi connectivity index (χ4n) is 2.92. The number of urea groups is 1. The SMILES string of the molecule is NC1(c2noc(-c3cccc(CN4C(=O)CNC4=O)c3)n2)CCC1. The van der Waals surface area contributed by atoms with Crippen LogP contribution in [0.15, 0.2) is 28.8 Å². The first kappa shape index (κ1) is 14.8. The lowest BCUT2D eigenvalue weighted by Gasteiger charge is -2.34. The van der Waals surface area contributed by atoms with E-state index in [9.17, 15) is 9.59 Å². The molecule has 2 heterocycles. The third-order valence-corrected chi connectivity index (χ3v) is 4.57. The Morgan fingerprint density at radius 3 is 2.83 bits per heavy atom. The van der Waals surface area contributed by atoms with E-state index in [1.165, 1.54) is 4.90 Å². The van der Waals surface area contributed by atoms with Crippen molar-refractivity contribution in [3.63, 3.8) is 0 Å². The van der Waals surface area contributed by atoms with Crippen LogP contribution in [-0.2, 0) is 16.9 Å². The van der Waals surface area contributed by atoms with Crippen LogP contribution >= 0.6 is 0 Å². The third kappa shape index (κ3) is 2.44. The molecule has 3 N–H and O–H groups in total. The normalized spacial score (nSPS) is 19.3. The van der Waals surface area contributed by atoms with Crippen molar-refractivity contribution >= 4 is 11.9 Å². The maximum Gasteiger partial charge on any atom is 0.324 e. The highest BCUT2D eigenvalue weighted by Crippen LogP contribution is 2.37. The molecule has 3 amide bonds. The summed E-state index contributed by atoms with van der Waals surface area (Å²) < 4.78 is 5.34. The molecule has 1 aromatic carbocycles. The zero-order valence-electron chi connectivity index (χ0n) is 13.0. The Morgan fingerprint density at radius 1 is 1.33 bits per heavy atom. The maximum absolute atomic E-state index is 11.7. The largest absolute Gasteiger partial charge is 0.334 e. The van der Waals surface area contributed by atoms with Crippen molar-refractivity contribution in [1.82, 2.24) is 20.4 Å². The Balaban J connectivity index is 1.56. The molecule has 2 fully saturated rings. The van der Waals surface area contributed by atoms with Crippen molar-refractivity contribution in [3.8, 4) is 11.5 Å². The van der Waals surface area contributed by atoms with E-state index in [4.69, 9.17) is 10.3 Å². The van der Waals surface area contributed by atoms with E-state index in [1.54, 1.807) is 0 Å². The predicted molar refractivity (Wildman–Crippen MR) is 83.4 cm³/mol. The van der Waals surface area contributed by atoms with E-state index in [2.05, 4.69) is 15.5 Å².